The number of nitrogens with two attached hydrogens (primary N) is 1. The lowest BCUT2D eigenvalue weighted by Gasteiger charge is -2.33. The topological polar surface area (TPSA) is 94.2 Å². The van der Waals surface area contributed by atoms with Crippen molar-refractivity contribution in [3.05, 3.63) is 94.9 Å². The molecule has 2 aromatic heterocycles. The zero-order valence-corrected chi connectivity index (χ0v) is 22.0. The molecule has 1 aliphatic rings. The molecule has 0 spiro atoms. The predicted molar refractivity (Wildman–Crippen MR) is 145 cm³/mol. The Balaban J connectivity index is 1.30. The Bertz CT molecular complexity index is 1490. The summed E-state index contributed by atoms with van der Waals surface area (Å²) >= 11 is 5.87. The third kappa shape index (κ3) is 6.75. The number of hydrogen-bond acceptors (Lipinski definition) is 6. The van der Waals surface area contributed by atoms with Crippen molar-refractivity contribution in [2.24, 2.45) is 5.73 Å². The van der Waals surface area contributed by atoms with Gasteiger partial charge in [-0.05, 0) is 67.2 Å². The quantitative estimate of drug-likeness (QED) is 0.284. The number of aromatic nitrogens is 3. The molecule has 1 saturated heterocycles. The molecule has 0 unspecified atom stereocenters. The van der Waals surface area contributed by atoms with E-state index in [1.165, 1.54) is 30.5 Å². The van der Waals surface area contributed by atoms with Gasteiger partial charge < -0.3 is 10.5 Å². The molecular weight excluding hydrogens is 543 g/mol. The number of nitrogens with zero attached hydrogens (tertiary/aromatic N) is 4. The van der Waals surface area contributed by atoms with Crippen LogP contribution in [0.15, 0.2) is 73.2 Å². The maximum atomic E-state index is 12.9. The zero-order chi connectivity index (χ0) is 28.3. The van der Waals surface area contributed by atoms with Crippen LogP contribution in [0.3, 0.4) is 0 Å². The number of piperidine rings is 1. The number of carbonyl (C=O) groups excluding carboxylic acids is 1. The summed E-state index contributed by atoms with van der Waals surface area (Å²) in [5.74, 6) is -0.290. The first-order chi connectivity index (χ1) is 19.1. The minimum absolute atomic E-state index is 0.0923. The molecule has 4 aromatic rings. The minimum atomic E-state index is -4.83. The summed E-state index contributed by atoms with van der Waals surface area (Å²) in [5.41, 5.74) is 9.41. The number of amides is 1. The highest BCUT2D eigenvalue weighted by Crippen LogP contribution is 2.38. The van der Waals surface area contributed by atoms with E-state index in [1.54, 1.807) is 18.5 Å². The SMILES string of the molecule is NC(=O)c1ccnc(-c2cc(OC(F)(F)F)ccc2C2CCN(Cc3ccc(-c4ncc(Cl)cn4)cc3)CC2)c1. The number of benzene rings is 2. The van der Waals surface area contributed by atoms with Gasteiger partial charge in [0.25, 0.3) is 0 Å². The number of halogens is 4. The van der Waals surface area contributed by atoms with Crippen molar-refractivity contribution in [3.63, 3.8) is 0 Å². The molecule has 0 radical (unpaired) electrons. The summed E-state index contributed by atoms with van der Waals surface area (Å²) in [6.45, 7) is 2.38. The van der Waals surface area contributed by atoms with Gasteiger partial charge in [-0.3, -0.25) is 14.7 Å². The number of rotatable bonds is 7. The second-order valence-electron chi connectivity index (χ2n) is 9.56. The summed E-state index contributed by atoms with van der Waals surface area (Å²) in [6, 6.07) is 15.3. The van der Waals surface area contributed by atoms with Crippen LogP contribution in [0, 0.1) is 0 Å². The molecule has 206 valence electrons. The van der Waals surface area contributed by atoms with Gasteiger partial charge in [0, 0.05) is 41.8 Å². The minimum Gasteiger partial charge on any atom is -0.406 e. The van der Waals surface area contributed by atoms with E-state index < -0.39 is 12.3 Å². The van der Waals surface area contributed by atoms with Crippen molar-refractivity contribution >= 4 is 17.5 Å². The third-order valence-electron chi connectivity index (χ3n) is 6.84. The number of alkyl halides is 3. The van der Waals surface area contributed by atoms with Crippen molar-refractivity contribution in [2.45, 2.75) is 31.7 Å². The van der Waals surface area contributed by atoms with Crippen LogP contribution in [0.25, 0.3) is 22.6 Å². The number of carbonyl (C=O) groups is 1. The van der Waals surface area contributed by atoms with E-state index in [1.807, 2.05) is 24.3 Å². The van der Waals surface area contributed by atoms with Crippen LogP contribution in [0.5, 0.6) is 5.75 Å². The molecule has 7 nitrogen and oxygen atoms in total. The predicted octanol–water partition coefficient (Wildman–Crippen LogP) is 6.24. The first kappa shape index (κ1) is 27.5. The highest BCUT2D eigenvalue weighted by Gasteiger charge is 2.32. The number of primary amides is 1. The molecule has 2 aromatic carbocycles. The van der Waals surface area contributed by atoms with Crippen LogP contribution in [0.4, 0.5) is 13.2 Å². The number of pyridine rings is 1. The lowest BCUT2D eigenvalue weighted by Crippen LogP contribution is -2.32. The number of hydrogen-bond donors (Lipinski definition) is 1. The van der Waals surface area contributed by atoms with Crippen LogP contribution in [0.2, 0.25) is 5.02 Å². The van der Waals surface area contributed by atoms with Gasteiger partial charge in [-0.15, -0.1) is 13.2 Å². The van der Waals surface area contributed by atoms with Crippen molar-refractivity contribution in [1.29, 1.82) is 0 Å². The van der Waals surface area contributed by atoms with Gasteiger partial charge in [0.15, 0.2) is 5.82 Å². The summed E-state index contributed by atoms with van der Waals surface area (Å²) < 4.78 is 43.0. The first-order valence-corrected chi connectivity index (χ1v) is 13.0. The van der Waals surface area contributed by atoms with E-state index in [-0.39, 0.29) is 17.2 Å². The molecule has 1 fully saturated rings. The first-order valence-electron chi connectivity index (χ1n) is 12.6. The Kier molecular flexibility index (Phi) is 7.99. The van der Waals surface area contributed by atoms with Crippen LogP contribution in [0.1, 0.15) is 40.2 Å². The summed E-state index contributed by atoms with van der Waals surface area (Å²) in [7, 11) is 0. The zero-order valence-electron chi connectivity index (χ0n) is 21.2. The fraction of sp³-hybridized carbons (Fsp3) is 0.241. The Hall–Kier alpha value is -4.02. The second-order valence-corrected chi connectivity index (χ2v) is 10.00. The molecule has 0 bridgehead atoms. The fourth-order valence-electron chi connectivity index (χ4n) is 4.92. The average Bonchev–Trinajstić information content (AvgIpc) is 2.94. The molecule has 40 heavy (non-hydrogen) atoms. The van der Waals surface area contributed by atoms with Gasteiger partial charge in [0.05, 0.1) is 10.7 Å². The summed E-state index contributed by atoms with van der Waals surface area (Å²) in [5, 5.41) is 0.483. The van der Waals surface area contributed by atoms with E-state index in [0.717, 1.165) is 49.2 Å². The molecule has 1 aliphatic heterocycles. The monoisotopic (exact) mass is 567 g/mol. The van der Waals surface area contributed by atoms with Crippen LogP contribution in [-0.4, -0.2) is 45.2 Å². The van der Waals surface area contributed by atoms with Gasteiger partial charge in [0.2, 0.25) is 5.91 Å². The second kappa shape index (κ2) is 11.6. The highest BCUT2D eigenvalue weighted by atomic mass is 35.5. The molecule has 0 aliphatic carbocycles. The van der Waals surface area contributed by atoms with Gasteiger partial charge >= 0.3 is 6.36 Å². The third-order valence-corrected chi connectivity index (χ3v) is 7.04. The van der Waals surface area contributed by atoms with E-state index in [2.05, 4.69) is 24.6 Å². The molecule has 0 saturated carbocycles. The maximum absolute atomic E-state index is 12.9. The number of likely N-dealkylation sites (tertiary alicyclic amines) is 1. The van der Waals surface area contributed by atoms with Gasteiger partial charge in [0.1, 0.15) is 5.75 Å². The molecule has 0 atom stereocenters. The van der Waals surface area contributed by atoms with Crippen molar-refractivity contribution in [3.8, 4) is 28.4 Å². The standard InChI is InChI=1S/C29H25ClF3N5O2/c30-22-15-36-28(37-16-22)20-3-1-18(2-4-20)17-38-11-8-19(9-12-38)24-6-5-23(40-29(31,32)33)14-25(24)26-13-21(27(34)39)7-10-35-26/h1-7,10,13-16,19H,8-9,11-12,17H2,(H2,34,39). The largest absolute Gasteiger partial charge is 0.573 e. The Labute approximate surface area is 233 Å². The van der Waals surface area contributed by atoms with Crippen molar-refractivity contribution < 1.29 is 22.7 Å². The normalized spacial score (nSPS) is 14.7. The molecular formula is C29H25ClF3N5O2. The lowest BCUT2D eigenvalue weighted by atomic mass is 9.85. The van der Waals surface area contributed by atoms with Crippen LogP contribution < -0.4 is 10.5 Å². The average molecular weight is 568 g/mol. The van der Waals surface area contributed by atoms with Crippen molar-refractivity contribution in [2.75, 3.05) is 13.1 Å². The maximum Gasteiger partial charge on any atom is 0.573 e. The molecule has 3 heterocycles. The Morgan fingerprint density at radius 2 is 1.70 bits per heavy atom. The summed E-state index contributed by atoms with van der Waals surface area (Å²) in [6.07, 6.45) is 1.33. The number of ether oxygens (including phenoxy) is 1. The van der Waals surface area contributed by atoms with E-state index in [9.17, 15) is 18.0 Å². The smallest absolute Gasteiger partial charge is 0.406 e. The molecule has 2 N–H and O–H groups in total. The van der Waals surface area contributed by atoms with E-state index in [4.69, 9.17) is 17.3 Å². The fourth-order valence-corrected chi connectivity index (χ4v) is 5.02. The van der Waals surface area contributed by atoms with Crippen LogP contribution in [-0.2, 0) is 6.54 Å². The van der Waals surface area contributed by atoms with E-state index >= 15 is 0 Å². The molecule has 1 amide bonds. The van der Waals surface area contributed by atoms with Crippen molar-refractivity contribution in [1.82, 2.24) is 19.9 Å². The van der Waals surface area contributed by atoms with Gasteiger partial charge in [-0.1, -0.05) is 41.9 Å². The van der Waals surface area contributed by atoms with Crippen LogP contribution >= 0.6 is 11.6 Å². The Morgan fingerprint density at radius 3 is 2.35 bits per heavy atom. The molecule has 5 rings (SSSR count). The van der Waals surface area contributed by atoms with E-state index in [0.29, 0.717) is 22.1 Å². The molecule has 11 heteroatoms. The van der Waals surface area contributed by atoms with Gasteiger partial charge in [-0.25, -0.2) is 9.97 Å². The van der Waals surface area contributed by atoms with Gasteiger partial charge in [-0.2, -0.15) is 0 Å². The summed E-state index contributed by atoms with van der Waals surface area (Å²) in [4.78, 5) is 26.9. The highest BCUT2D eigenvalue weighted by molar-refractivity contribution is 6.30. The lowest BCUT2D eigenvalue weighted by molar-refractivity contribution is -0.274. The Morgan fingerprint density at radius 1 is 1.00 bits per heavy atom.